The highest BCUT2D eigenvalue weighted by Crippen LogP contribution is 2.39. The van der Waals surface area contributed by atoms with Gasteiger partial charge in [0, 0.05) is 21.5 Å². The summed E-state index contributed by atoms with van der Waals surface area (Å²) in [4.78, 5) is 30.0. The molecule has 0 saturated carbocycles. The first-order chi connectivity index (χ1) is 21.3. The lowest BCUT2D eigenvalue weighted by Gasteiger charge is -2.13. The van der Waals surface area contributed by atoms with E-state index in [1.807, 2.05) is 49.4 Å². The van der Waals surface area contributed by atoms with Gasteiger partial charge in [0.25, 0.3) is 5.56 Å². The Morgan fingerprint density at radius 1 is 1.05 bits per heavy atom. The number of fused-ring (bicyclic) bond motifs is 2. The molecule has 0 spiro atoms. The Labute approximate surface area is 259 Å². The number of nitro benzene ring substituents is 1. The van der Waals surface area contributed by atoms with Crippen LogP contribution in [0, 0.1) is 17.0 Å². The van der Waals surface area contributed by atoms with Crippen LogP contribution in [-0.4, -0.2) is 27.4 Å². The van der Waals surface area contributed by atoms with Gasteiger partial charge in [-0.2, -0.15) is 9.78 Å². The molecule has 2 aromatic heterocycles. The van der Waals surface area contributed by atoms with E-state index in [1.165, 1.54) is 12.3 Å². The lowest BCUT2D eigenvalue weighted by atomic mass is 10.1. The largest absolute Gasteiger partial charge is 0.490 e. The highest BCUT2D eigenvalue weighted by atomic mass is 79.9. The molecular weight excluding hydrogens is 628 g/mol. The number of nitro groups is 1. The number of hydrogen-bond donors (Lipinski definition) is 0. The molecule has 0 bridgehead atoms. The molecule has 0 radical (unpaired) electrons. The highest BCUT2D eigenvalue weighted by Gasteiger charge is 2.23. The number of rotatable bonds is 9. The van der Waals surface area contributed by atoms with Crippen LogP contribution >= 0.6 is 15.9 Å². The second-order valence-electron chi connectivity index (χ2n) is 9.94. The van der Waals surface area contributed by atoms with Crippen molar-refractivity contribution in [2.45, 2.75) is 20.5 Å². The number of para-hydroxylation sites is 1. The van der Waals surface area contributed by atoms with Gasteiger partial charge in [-0.15, -0.1) is 0 Å². The molecule has 0 aliphatic rings. The lowest BCUT2D eigenvalue weighted by molar-refractivity contribution is -0.386. The topological polar surface area (TPSA) is 122 Å². The molecule has 0 aliphatic carbocycles. The summed E-state index contributed by atoms with van der Waals surface area (Å²) in [5.74, 6) is 0.700. The molecule has 0 saturated heterocycles. The van der Waals surface area contributed by atoms with Crippen LogP contribution in [-0.2, 0) is 6.61 Å². The number of nitrogens with zero attached hydrogens (tertiary/aromatic N) is 4. The maximum Gasteiger partial charge on any atom is 0.315 e. The van der Waals surface area contributed by atoms with Crippen molar-refractivity contribution in [3.8, 4) is 23.1 Å². The monoisotopic (exact) mass is 652 g/mol. The maximum absolute atomic E-state index is 13.7. The molecule has 4 aromatic carbocycles. The first kappa shape index (κ1) is 28.8. The van der Waals surface area contributed by atoms with Gasteiger partial charge in [-0.25, -0.2) is 4.98 Å². The van der Waals surface area contributed by atoms with Gasteiger partial charge in [-0.1, -0.05) is 57.9 Å². The van der Waals surface area contributed by atoms with E-state index in [-0.39, 0.29) is 36.2 Å². The molecule has 10 nitrogen and oxygen atoms in total. The first-order valence-electron chi connectivity index (χ1n) is 13.7. The fourth-order valence-corrected chi connectivity index (χ4v) is 5.20. The Kier molecular flexibility index (Phi) is 7.95. The third-order valence-corrected chi connectivity index (χ3v) is 7.29. The summed E-state index contributed by atoms with van der Waals surface area (Å²) in [6, 6.07) is 24.9. The summed E-state index contributed by atoms with van der Waals surface area (Å²) in [6.07, 6.45) is 1.35. The van der Waals surface area contributed by atoms with Crippen molar-refractivity contribution in [3.63, 3.8) is 0 Å². The number of ether oxygens (including phenoxy) is 2. The number of halogens is 1. The SMILES string of the molecule is CCOc1cc(C=Nn2c(-c3cc4cc(Br)ccc4o3)nc3ccccc3c2=O)cc([N+](=O)[O-])c1OCc1cccc(C)c1. The third kappa shape index (κ3) is 5.82. The smallest absolute Gasteiger partial charge is 0.315 e. The number of benzene rings is 4. The molecule has 44 heavy (non-hydrogen) atoms. The van der Waals surface area contributed by atoms with Crippen LogP contribution < -0.4 is 15.0 Å². The number of aromatic nitrogens is 2. The van der Waals surface area contributed by atoms with E-state index in [0.717, 1.165) is 25.7 Å². The minimum absolute atomic E-state index is 0.00849. The van der Waals surface area contributed by atoms with Gasteiger partial charge in [0.2, 0.25) is 11.6 Å². The fourth-order valence-electron chi connectivity index (χ4n) is 4.82. The predicted molar refractivity (Wildman–Crippen MR) is 172 cm³/mol. The normalized spacial score (nSPS) is 11.4. The summed E-state index contributed by atoms with van der Waals surface area (Å²) in [5, 5.41) is 17.8. The third-order valence-electron chi connectivity index (χ3n) is 6.79. The summed E-state index contributed by atoms with van der Waals surface area (Å²) in [6.45, 7) is 4.10. The van der Waals surface area contributed by atoms with Crippen molar-refractivity contribution in [3.05, 3.63) is 127 Å². The summed E-state index contributed by atoms with van der Waals surface area (Å²) in [5.41, 5.74) is 2.59. The van der Waals surface area contributed by atoms with Crippen molar-refractivity contribution in [1.29, 1.82) is 0 Å². The van der Waals surface area contributed by atoms with E-state index in [2.05, 4.69) is 21.0 Å². The van der Waals surface area contributed by atoms with Crippen molar-refractivity contribution in [1.82, 2.24) is 9.66 Å². The summed E-state index contributed by atoms with van der Waals surface area (Å²) >= 11 is 3.47. The molecule has 2 heterocycles. The van der Waals surface area contributed by atoms with Crippen molar-refractivity contribution in [2.75, 3.05) is 6.61 Å². The molecular formula is C33H25BrN4O6. The average molecular weight is 653 g/mol. The van der Waals surface area contributed by atoms with Crippen LogP contribution in [0.1, 0.15) is 23.6 Å². The van der Waals surface area contributed by atoms with E-state index in [9.17, 15) is 14.9 Å². The number of furan rings is 1. The zero-order valence-corrected chi connectivity index (χ0v) is 25.3. The van der Waals surface area contributed by atoms with Gasteiger partial charge < -0.3 is 13.9 Å². The summed E-state index contributed by atoms with van der Waals surface area (Å²) < 4.78 is 19.7. The summed E-state index contributed by atoms with van der Waals surface area (Å²) in [7, 11) is 0. The predicted octanol–water partition coefficient (Wildman–Crippen LogP) is 7.65. The number of aryl methyl sites for hydroxylation is 1. The molecule has 220 valence electrons. The van der Waals surface area contributed by atoms with Gasteiger partial charge in [-0.05, 0) is 61.9 Å². The first-order valence-corrected chi connectivity index (χ1v) is 14.5. The van der Waals surface area contributed by atoms with E-state index < -0.39 is 10.5 Å². The molecule has 0 amide bonds. The number of hydrogen-bond acceptors (Lipinski definition) is 8. The van der Waals surface area contributed by atoms with Crippen molar-refractivity contribution >= 4 is 49.7 Å². The molecule has 0 unspecified atom stereocenters. The van der Waals surface area contributed by atoms with Gasteiger partial charge in [0.1, 0.15) is 12.2 Å². The van der Waals surface area contributed by atoms with Gasteiger partial charge in [0.15, 0.2) is 11.5 Å². The van der Waals surface area contributed by atoms with Gasteiger partial charge in [0.05, 0.1) is 28.6 Å². The standard InChI is InChI=1S/C33H25BrN4O6/c1-3-42-29-15-22(14-27(38(40)41)31(29)43-19-21-8-6-7-20(2)13-21)18-35-37-32(36-26-10-5-4-9-25(26)33(37)39)30-17-23-16-24(34)11-12-28(23)44-30/h4-18H,3,19H2,1-2H3. The maximum atomic E-state index is 13.7. The second kappa shape index (κ2) is 12.1. The Morgan fingerprint density at radius 2 is 1.89 bits per heavy atom. The Morgan fingerprint density at radius 3 is 2.68 bits per heavy atom. The fraction of sp³-hybridized carbons (Fsp3) is 0.121. The quantitative estimate of drug-likeness (QED) is 0.0893. The molecule has 6 rings (SSSR count). The van der Waals surface area contributed by atoms with E-state index in [4.69, 9.17) is 18.9 Å². The van der Waals surface area contributed by atoms with Crippen LogP contribution in [0.2, 0.25) is 0 Å². The Bertz CT molecular complexity index is 2140. The zero-order valence-electron chi connectivity index (χ0n) is 23.7. The van der Waals surface area contributed by atoms with Crippen LogP contribution in [0.15, 0.2) is 104 Å². The molecule has 0 N–H and O–H groups in total. The van der Waals surface area contributed by atoms with Crippen LogP contribution in [0.4, 0.5) is 5.69 Å². The second-order valence-corrected chi connectivity index (χ2v) is 10.9. The molecule has 6 aromatic rings. The molecule has 0 fully saturated rings. The van der Waals surface area contributed by atoms with E-state index >= 15 is 0 Å². The van der Waals surface area contributed by atoms with Gasteiger partial charge >= 0.3 is 5.69 Å². The Balaban J connectivity index is 1.45. The highest BCUT2D eigenvalue weighted by molar-refractivity contribution is 9.10. The van der Waals surface area contributed by atoms with Crippen molar-refractivity contribution in [2.24, 2.45) is 5.10 Å². The lowest BCUT2D eigenvalue weighted by Crippen LogP contribution is -2.20. The van der Waals surface area contributed by atoms with Crippen molar-refractivity contribution < 1.29 is 18.8 Å². The van der Waals surface area contributed by atoms with E-state index in [0.29, 0.717) is 27.8 Å². The van der Waals surface area contributed by atoms with Crippen LogP contribution in [0.25, 0.3) is 33.5 Å². The Hall–Kier alpha value is -5.29. The van der Waals surface area contributed by atoms with Gasteiger partial charge in [-0.3, -0.25) is 14.9 Å². The average Bonchev–Trinajstić information content (AvgIpc) is 3.43. The molecule has 0 aliphatic heterocycles. The van der Waals surface area contributed by atoms with Crippen LogP contribution in [0.5, 0.6) is 11.5 Å². The zero-order chi connectivity index (χ0) is 30.8. The minimum Gasteiger partial charge on any atom is -0.490 e. The van der Waals surface area contributed by atoms with Crippen LogP contribution in [0.3, 0.4) is 0 Å². The minimum atomic E-state index is -0.535. The molecule has 0 atom stereocenters. The van der Waals surface area contributed by atoms with E-state index in [1.54, 1.807) is 43.3 Å². The molecule has 11 heteroatoms.